The van der Waals surface area contributed by atoms with E-state index in [1.807, 2.05) is 17.7 Å². The lowest BCUT2D eigenvalue weighted by molar-refractivity contribution is 0.0934. The van der Waals surface area contributed by atoms with Crippen molar-refractivity contribution in [1.82, 2.24) is 15.5 Å². The van der Waals surface area contributed by atoms with Gasteiger partial charge in [0, 0.05) is 24.4 Å². The maximum absolute atomic E-state index is 12.7. The van der Waals surface area contributed by atoms with Crippen LogP contribution in [0.15, 0.2) is 32.9 Å². The molecule has 0 aliphatic carbocycles. The van der Waals surface area contributed by atoms with Crippen LogP contribution in [0.5, 0.6) is 0 Å². The number of thiazole rings is 1. The van der Waals surface area contributed by atoms with Crippen molar-refractivity contribution < 1.29 is 9.32 Å². The van der Waals surface area contributed by atoms with Gasteiger partial charge in [0.05, 0.1) is 11.7 Å². The van der Waals surface area contributed by atoms with Crippen molar-refractivity contribution in [2.24, 2.45) is 0 Å². The van der Waals surface area contributed by atoms with Gasteiger partial charge in [-0.2, -0.15) is 11.3 Å². The van der Waals surface area contributed by atoms with Crippen LogP contribution >= 0.6 is 22.7 Å². The van der Waals surface area contributed by atoms with E-state index in [0.29, 0.717) is 29.9 Å². The fourth-order valence-electron chi connectivity index (χ4n) is 2.43. The fourth-order valence-corrected chi connectivity index (χ4v) is 3.80. The van der Waals surface area contributed by atoms with Gasteiger partial charge in [0.15, 0.2) is 0 Å². The number of carbonyl (C=O) groups is 1. The van der Waals surface area contributed by atoms with Crippen LogP contribution < -0.4 is 5.32 Å². The monoisotopic (exact) mass is 347 g/mol. The normalized spacial score (nSPS) is 12.3. The third-order valence-corrected chi connectivity index (χ3v) is 5.18. The summed E-state index contributed by atoms with van der Waals surface area (Å²) < 4.78 is 5.22. The van der Waals surface area contributed by atoms with Gasteiger partial charge in [-0.25, -0.2) is 4.98 Å². The first-order valence-electron chi connectivity index (χ1n) is 7.35. The smallest absolute Gasteiger partial charge is 0.257 e. The van der Waals surface area contributed by atoms with Crippen molar-refractivity contribution in [2.45, 2.75) is 32.7 Å². The third-order valence-electron chi connectivity index (χ3n) is 3.56. The van der Waals surface area contributed by atoms with E-state index in [1.165, 1.54) is 5.56 Å². The Morgan fingerprint density at radius 2 is 2.30 bits per heavy atom. The summed E-state index contributed by atoms with van der Waals surface area (Å²) in [4.78, 5) is 17.1. The zero-order valence-corrected chi connectivity index (χ0v) is 14.5. The zero-order valence-electron chi connectivity index (χ0n) is 12.9. The summed E-state index contributed by atoms with van der Waals surface area (Å²) in [5.74, 6) is 0.462. The predicted molar refractivity (Wildman–Crippen MR) is 91.0 cm³/mol. The van der Waals surface area contributed by atoms with Crippen LogP contribution in [-0.4, -0.2) is 16.0 Å². The number of thiophene rings is 1. The number of aromatic nitrogens is 2. The van der Waals surface area contributed by atoms with Crippen LogP contribution in [0.1, 0.15) is 45.3 Å². The minimum Gasteiger partial charge on any atom is -0.360 e. The van der Waals surface area contributed by atoms with Gasteiger partial charge in [0.1, 0.15) is 16.3 Å². The molecule has 5 nitrogen and oxygen atoms in total. The summed E-state index contributed by atoms with van der Waals surface area (Å²) >= 11 is 3.19. The van der Waals surface area contributed by atoms with Crippen LogP contribution in [0.2, 0.25) is 0 Å². The van der Waals surface area contributed by atoms with Crippen molar-refractivity contribution in [2.75, 3.05) is 0 Å². The van der Waals surface area contributed by atoms with E-state index in [2.05, 4.69) is 26.9 Å². The molecule has 0 bridgehead atoms. The SMILES string of the molecule is CCc1onc(C)c1C(=O)NC(Cc1ccsc1)c1nccs1. The number of nitrogens with zero attached hydrogens (tertiary/aromatic N) is 2. The number of aryl methyl sites for hydroxylation is 2. The van der Waals surface area contributed by atoms with Gasteiger partial charge in [0.25, 0.3) is 5.91 Å². The minimum atomic E-state index is -0.156. The highest BCUT2D eigenvalue weighted by molar-refractivity contribution is 7.09. The summed E-state index contributed by atoms with van der Waals surface area (Å²) in [6.45, 7) is 3.73. The summed E-state index contributed by atoms with van der Waals surface area (Å²) in [5.41, 5.74) is 2.35. The summed E-state index contributed by atoms with van der Waals surface area (Å²) in [6, 6.07) is 1.91. The zero-order chi connectivity index (χ0) is 16.2. The van der Waals surface area contributed by atoms with Gasteiger partial charge < -0.3 is 9.84 Å². The van der Waals surface area contributed by atoms with Crippen LogP contribution in [0.25, 0.3) is 0 Å². The average Bonchev–Trinajstić information content (AvgIpc) is 3.28. The Morgan fingerprint density at radius 3 is 2.96 bits per heavy atom. The maximum atomic E-state index is 12.7. The quantitative estimate of drug-likeness (QED) is 0.737. The van der Waals surface area contributed by atoms with Crippen molar-refractivity contribution in [3.8, 4) is 0 Å². The highest BCUT2D eigenvalue weighted by Gasteiger charge is 2.24. The second-order valence-electron chi connectivity index (χ2n) is 5.15. The highest BCUT2D eigenvalue weighted by Crippen LogP contribution is 2.23. The topological polar surface area (TPSA) is 68.0 Å². The molecule has 23 heavy (non-hydrogen) atoms. The van der Waals surface area contributed by atoms with Crippen LogP contribution in [0.3, 0.4) is 0 Å². The lowest BCUT2D eigenvalue weighted by Gasteiger charge is -2.16. The Balaban J connectivity index is 1.83. The molecule has 1 amide bonds. The molecule has 3 aromatic heterocycles. The van der Waals surface area contributed by atoms with Gasteiger partial charge in [-0.1, -0.05) is 12.1 Å². The lowest BCUT2D eigenvalue weighted by atomic mass is 10.1. The van der Waals surface area contributed by atoms with Crippen molar-refractivity contribution in [1.29, 1.82) is 0 Å². The number of amides is 1. The van der Waals surface area contributed by atoms with E-state index in [9.17, 15) is 4.79 Å². The van der Waals surface area contributed by atoms with Crippen molar-refractivity contribution >= 4 is 28.6 Å². The Bertz CT molecular complexity index is 763. The molecule has 0 aliphatic rings. The Morgan fingerprint density at radius 1 is 1.43 bits per heavy atom. The molecule has 0 spiro atoms. The van der Waals surface area contributed by atoms with E-state index in [0.717, 1.165) is 5.01 Å². The maximum Gasteiger partial charge on any atom is 0.257 e. The Labute approximate surface area is 142 Å². The van der Waals surface area contributed by atoms with Crippen LogP contribution in [0.4, 0.5) is 0 Å². The number of rotatable bonds is 6. The molecule has 1 unspecified atom stereocenters. The number of nitrogens with one attached hydrogen (secondary N) is 1. The van der Waals surface area contributed by atoms with Gasteiger partial charge in [-0.3, -0.25) is 4.79 Å². The molecule has 120 valence electrons. The molecule has 0 fully saturated rings. The number of carbonyl (C=O) groups excluding carboxylic acids is 1. The molecule has 3 heterocycles. The Kier molecular flexibility index (Phi) is 4.88. The molecule has 7 heteroatoms. The van der Waals surface area contributed by atoms with Crippen molar-refractivity contribution in [3.05, 3.63) is 56.0 Å². The van der Waals surface area contributed by atoms with Crippen LogP contribution in [-0.2, 0) is 12.8 Å². The molecule has 0 aliphatic heterocycles. The largest absolute Gasteiger partial charge is 0.360 e. The molecule has 1 atom stereocenters. The highest BCUT2D eigenvalue weighted by atomic mass is 32.1. The first kappa shape index (κ1) is 15.9. The second kappa shape index (κ2) is 7.06. The molecule has 0 radical (unpaired) electrons. The molecule has 0 saturated heterocycles. The van der Waals surface area contributed by atoms with Crippen molar-refractivity contribution in [3.63, 3.8) is 0 Å². The minimum absolute atomic E-state index is 0.156. The van der Waals surface area contributed by atoms with Gasteiger partial charge in [0.2, 0.25) is 0 Å². The van der Waals surface area contributed by atoms with E-state index < -0.39 is 0 Å². The fraction of sp³-hybridized carbons (Fsp3) is 0.312. The first-order valence-corrected chi connectivity index (χ1v) is 9.17. The van der Waals surface area contributed by atoms with E-state index in [1.54, 1.807) is 35.8 Å². The van der Waals surface area contributed by atoms with E-state index in [-0.39, 0.29) is 11.9 Å². The standard InChI is InChI=1S/C16H17N3O2S2/c1-3-13-14(10(2)19-21-13)15(20)18-12(16-17-5-7-23-16)8-11-4-6-22-9-11/h4-7,9,12H,3,8H2,1-2H3,(H,18,20). The number of hydrogen-bond donors (Lipinski definition) is 1. The summed E-state index contributed by atoms with van der Waals surface area (Å²) in [6.07, 6.45) is 3.11. The molecule has 0 saturated carbocycles. The van der Waals surface area contributed by atoms with E-state index in [4.69, 9.17) is 4.52 Å². The summed E-state index contributed by atoms with van der Waals surface area (Å²) in [7, 11) is 0. The van der Waals surface area contributed by atoms with E-state index >= 15 is 0 Å². The van der Waals surface area contributed by atoms with Gasteiger partial charge >= 0.3 is 0 Å². The lowest BCUT2D eigenvalue weighted by Crippen LogP contribution is -2.30. The molecule has 1 N–H and O–H groups in total. The second-order valence-corrected chi connectivity index (χ2v) is 6.86. The van der Waals surface area contributed by atoms with Gasteiger partial charge in [-0.15, -0.1) is 11.3 Å². The van der Waals surface area contributed by atoms with Crippen LogP contribution in [0, 0.1) is 6.92 Å². The molecular formula is C16H17N3O2S2. The first-order chi connectivity index (χ1) is 11.2. The molecule has 0 aromatic carbocycles. The third kappa shape index (κ3) is 3.51. The number of hydrogen-bond acceptors (Lipinski definition) is 6. The molecule has 3 aromatic rings. The van der Waals surface area contributed by atoms with Gasteiger partial charge in [-0.05, 0) is 29.3 Å². The Hall–Kier alpha value is -1.99. The average molecular weight is 347 g/mol. The molecule has 3 rings (SSSR count). The summed E-state index contributed by atoms with van der Waals surface area (Å²) in [5, 5.41) is 13.9. The predicted octanol–water partition coefficient (Wildman–Crippen LogP) is 3.78. The molecular weight excluding hydrogens is 330 g/mol.